The molecule has 0 amide bonds. The van der Waals surface area contributed by atoms with Crippen LogP contribution in [0.3, 0.4) is 0 Å². The maximum absolute atomic E-state index is 5.76. The summed E-state index contributed by atoms with van der Waals surface area (Å²) in [5, 5.41) is 1.25. The van der Waals surface area contributed by atoms with E-state index in [1.807, 2.05) is 0 Å². The molecule has 0 aliphatic carbocycles. The number of aromatic nitrogens is 1. The third kappa shape index (κ3) is 6.23. The summed E-state index contributed by atoms with van der Waals surface area (Å²) in [6.07, 6.45) is 8.96. The minimum absolute atomic E-state index is 0.948. The molecule has 3 nitrogen and oxygen atoms in total. The van der Waals surface area contributed by atoms with Crippen molar-refractivity contribution in [3.05, 3.63) is 51.2 Å². The molecule has 0 bridgehead atoms. The number of fused-ring (bicyclic) bond motifs is 1. The van der Waals surface area contributed by atoms with Gasteiger partial charge in [0.15, 0.2) is 0 Å². The van der Waals surface area contributed by atoms with Crippen molar-refractivity contribution in [3.8, 4) is 5.75 Å². The van der Waals surface area contributed by atoms with Gasteiger partial charge in [0.1, 0.15) is 5.75 Å². The van der Waals surface area contributed by atoms with E-state index in [-0.39, 0.29) is 0 Å². The third-order valence-electron chi connectivity index (χ3n) is 5.47. The van der Waals surface area contributed by atoms with Gasteiger partial charge in [-0.3, -0.25) is 0 Å². The summed E-state index contributed by atoms with van der Waals surface area (Å²) < 4.78 is 10.2. The first-order chi connectivity index (χ1) is 13.5. The van der Waals surface area contributed by atoms with Crippen molar-refractivity contribution in [1.82, 2.24) is 4.57 Å². The van der Waals surface area contributed by atoms with Gasteiger partial charge >= 0.3 is 0 Å². The Morgan fingerprint density at radius 3 is 2.41 bits per heavy atom. The van der Waals surface area contributed by atoms with Gasteiger partial charge in [-0.05, 0) is 67.2 Å². The van der Waals surface area contributed by atoms with Gasteiger partial charge in [-0.25, -0.2) is 0 Å². The van der Waals surface area contributed by atoms with E-state index in [0.29, 0.717) is 0 Å². The number of quaternary nitrogens is 1. The molecule has 1 aromatic carbocycles. The number of methoxy groups -OCH3 is 1. The van der Waals surface area contributed by atoms with E-state index in [1.165, 1.54) is 33.3 Å². The van der Waals surface area contributed by atoms with Crippen LogP contribution in [0.2, 0.25) is 0 Å². The molecule has 2 aromatic rings. The van der Waals surface area contributed by atoms with Gasteiger partial charge in [0, 0.05) is 35.4 Å². The predicted octanol–water partition coefficient (Wildman–Crippen LogP) is 6.43. The van der Waals surface area contributed by atoms with E-state index in [1.54, 1.807) is 7.11 Å². The second-order valence-electron chi connectivity index (χ2n) is 9.30. The summed E-state index contributed by atoms with van der Waals surface area (Å²) >= 11 is 3.77. The van der Waals surface area contributed by atoms with Crippen molar-refractivity contribution in [2.75, 3.05) is 34.8 Å². The monoisotopic (exact) mass is 461 g/mol. The van der Waals surface area contributed by atoms with E-state index in [4.69, 9.17) is 4.74 Å². The molecule has 0 spiro atoms. The minimum Gasteiger partial charge on any atom is -0.496 e. The van der Waals surface area contributed by atoms with Crippen molar-refractivity contribution < 1.29 is 9.22 Å². The number of likely N-dealkylation sites (N-methyl/N-ethyl adjacent to an activating group) is 1. The fourth-order valence-electron chi connectivity index (χ4n) is 3.76. The van der Waals surface area contributed by atoms with E-state index < -0.39 is 0 Å². The molecule has 1 heterocycles. The molecular formula is C25H38BrN2O+. The molecule has 0 saturated heterocycles. The van der Waals surface area contributed by atoms with Crippen LogP contribution in [0.5, 0.6) is 5.75 Å². The molecule has 29 heavy (non-hydrogen) atoms. The van der Waals surface area contributed by atoms with Crippen molar-refractivity contribution in [1.29, 1.82) is 0 Å². The third-order valence-corrected chi connectivity index (χ3v) is 6.11. The molecule has 0 unspecified atom stereocenters. The smallest absolute Gasteiger partial charge is 0.128 e. The lowest BCUT2D eigenvalue weighted by Gasteiger charge is -2.24. The van der Waals surface area contributed by atoms with Gasteiger partial charge in [-0.2, -0.15) is 0 Å². The maximum atomic E-state index is 5.76. The predicted molar refractivity (Wildman–Crippen MR) is 130 cm³/mol. The van der Waals surface area contributed by atoms with Gasteiger partial charge in [-0.15, -0.1) is 0 Å². The molecule has 2 rings (SSSR count). The van der Waals surface area contributed by atoms with E-state index >= 15 is 0 Å². The molecule has 0 fully saturated rings. The van der Waals surface area contributed by atoms with Gasteiger partial charge < -0.3 is 13.8 Å². The summed E-state index contributed by atoms with van der Waals surface area (Å²) in [5.74, 6) is 0.964. The Balaban J connectivity index is 2.48. The van der Waals surface area contributed by atoms with Crippen molar-refractivity contribution in [2.24, 2.45) is 7.05 Å². The Labute approximate surface area is 185 Å². The van der Waals surface area contributed by atoms with E-state index in [0.717, 1.165) is 46.9 Å². The van der Waals surface area contributed by atoms with Gasteiger partial charge in [0.25, 0.3) is 0 Å². The molecule has 0 radical (unpaired) electrons. The highest BCUT2D eigenvalue weighted by molar-refractivity contribution is 9.10. The zero-order valence-corrected chi connectivity index (χ0v) is 21.1. The summed E-state index contributed by atoms with van der Waals surface area (Å²) in [6.45, 7) is 7.68. The number of nitrogens with zero attached hydrogens (tertiary/aromatic N) is 2. The SMILES string of the molecule is COc1ccc(Br)c2c1c(CC[N+](C)(C)C)c(C/C=C(\C)CCC=C(C)C)n2C. The number of rotatable bonds is 9. The highest BCUT2D eigenvalue weighted by Gasteiger charge is 2.21. The molecule has 4 heteroatoms. The fourth-order valence-corrected chi connectivity index (χ4v) is 4.35. The summed E-state index contributed by atoms with van der Waals surface area (Å²) in [7, 11) is 10.7. The molecule has 0 atom stereocenters. The second kappa shape index (κ2) is 9.99. The van der Waals surface area contributed by atoms with Crippen LogP contribution >= 0.6 is 15.9 Å². The van der Waals surface area contributed by atoms with Crippen LogP contribution < -0.4 is 4.74 Å². The molecule has 0 aliphatic heterocycles. The fraction of sp³-hybridized carbons (Fsp3) is 0.520. The quantitative estimate of drug-likeness (QED) is 0.309. The van der Waals surface area contributed by atoms with E-state index in [2.05, 4.69) is 93.7 Å². The molecule has 1 aromatic heterocycles. The first kappa shape index (κ1) is 23.8. The highest BCUT2D eigenvalue weighted by Crippen LogP contribution is 2.38. The first-order valence-corrected chi connectivity index (χ1v) is 11.3. The Bertz CT molecular complexity index is 909. The lowest BCUT2D eigenvalue weighted by atomic mass is 10.0. The minimum atomic E-state index is 0.948. The number of ether oxygens (including phenoxy) is 1. The van der Waals surface area contributed by atoms with Crippen LogP contribution in [0.1, 0.15) is 44.9 Å². The Hall–Kier alpha value is -1.52. The maximum Gasteiger partial charge on any atom is 0.128 e. The second-order valence-corrected chi connectivity index (χ2v) is 10.2. The molecule has 0 N–H and O–H groups in total. The number of halogens is 1. The largest absolute Gasteiger partial charge is 0.496 e. The summed E-state index contributed by atoms with van der Waals surface area (Å²) in [6, 6.07) is 4.17. The number of hydrogen-bond donors (Lipinski definition) is 0. The number of benzene rings is 1. The van der Waals surface area contributed by atoms with Crippen molar-refractivity contribution in [3.63, 3.8) is 0 Å². The van der Waals surface area contributed by atoms with Crippen LogP contribution in [0, 0.1) is 0 Å². The van der Waals surface area contributed by atoms with Crippen molar-refractivity contribution in [2.45, 2.75) is 46.5 Å². The number of aryl methyl sites for hydroxylation is 1. The summed E-state index contributed by atoms with van der Waals surface area (Å²) in [5.41, 5.74) is 6.89. The molecule has 160 valence electrons. The van der Waals surface area contributed by atoms with Gasteiger partial charge in [0.05, 0.1) is 40.3 Å². The molecular weight excluding hydrogens is 424 g/mol. The Kier molecular flexibility index (Phi) is 8.18. The van der Waals surface area contributed by atoms with Crippen LogP contribution in [-0.4, -0.2) is 43.8 Å². The average molecular weight is 462 g/mol. The molecule has 0 saturated carbocycles. The zero-order chi connectivity index (χ0) is 21.8. The summed E-state index contributed by atoms with van der Waals surface area (Å²) in [4.78, 5) is 0. The number of allylic oxidation sites excluding steroid dienone is 4. The lowest BCUT2D eigenvalue weighted by molar-refractivity contribution is -0.870. The highest BCUT2D eigenvalue weighted by atomic mass is 79.9. The average Bonchev–Trinajstić information content (AvgIpc) is 2.90. The van der Waals surface area contributed by atoms with Crippen LogP contribution in [0.4, 0.5) is 0 Å². The van der Waals surface area contributed by atoms with Crippen LogP contribution in [-0.2, 0) is 19.9 Å². The zero-order valence-electron chi connectivity index (χ0n) is 19.5. The normalized spacial score (nSPS) is 12.5. The topological polar surface area (TPSA) is 14.2 Å². The van der Waals surface area contributed by atoms with E-state index in [9.17, 15) is 0 Å². The van der Waals surface area contributed by atoms with Crippen LogP contribution in [0.25, 0.3) is 10.9 Å². The standard InChI is InChI=1S/C25H38BrN2O/c1-18(2)10-9-11-19(3)12-14-22-20(16-17-28(5,6)7)24-23(29-8)15-13-21(26)25(24)27(22)4/h10,12-13,15H,9,11,14,16-17H2,1-8H3/q+1/b19-12+. The van der Waals surface area contributed by atoms with Crippen LogP contribution in [0.15, 0.2) is 39.9 Å². The van der Waals surface area contributed by atoms with Crippen molar-refractivity contribution >= 4 is 26.8 Å². The lowest BCUT2D eigenvalue weighted by Crippen LogP contribution is -2.36. The Morgan fingerprint density at radius 2 is 1.83 bits per heavy atom. The Morgan fingerprint density at radius 1 is 1.14 bits per heavy atom. The molecule has 0 aliphatic rings. The van der Waals surface area contributed by atoms with Gasteiger partial charge in [-0.1, -0.05) is 23.3 Å². The van der Waals surface area contributed by atoms with Gasteiger partial charge in [0.2, 0.25) is 0 Å². The number of hydrogen-bond acceptors (Lipinski definition) is 1. The first-order valence-electron chi connectivity index (χ1n) is 10.5.